The summed E-state index contributed by atoms with van der Waals surface area (Å²) in [5.41, 5.74) is 2.66. The normalized spacial score (nSPS) is 15.9. The molecule has 0 atom stereocenters. The number of aryl methyl sites for hydroxylation is 3. The maximum absolute atomic E-state index is 12.6. The molecule has 1 fully saturated rings. The van der Waals surface area contributed by atoms with Crippen molar-refractivity contribution < 1.29 is 4.79 Å². The number of carbonyl (C=O) groups excluding carboxylic acids is 1. The summed E-state index contributed by atoms with van der Waals surface area (Å²) < 4.78 is 3.54. The number of amides is 1. The minimum Gasteiger partial charge on any atom is -0.335 e. The van der Waals surface area contributed by atoms with Crippen LogP contribution in [-0.4, -0.2) is 61.4 Å². The van der Waals surface area contributed by atoms with Gasteiger partial charge in [-0.1, -0.05) is 11.6 Å². The summed E-state index contributed by atoms with van der Waals surface area (Å²) >= 11 is 6.14. The van der Waals surface area contributed by atoms with Crippen LogP contribution in [0.25, 0.3) is 0 Å². The first kappa shape index (κ1) is 17.0. The van der Waals surface area contributed by atoms with Crippen LogP contribution < -0.4 is 0 Å². The Balaban J connectivity index is 1.59. The number of carbonyl (C=O) groups is 1. The number of hydrogen-bond donors (Lipinski definition) is 0. The molecule has 24 heavy (non-hydrogen) atoms. The molecule has 0 saturated carbocycles. The van der Waals surface area contributed by atoms with Crippen LogP contribution in [0.15, 0.2) is 12.4 Å². The van der Waals surface area contributed by atoms with Gasteiger partial charge in [0, 0.05) is 64.3 Å². The van der Waals surface area contributed by atoms with Crippen molar-refractivity contribution in [2.24, 2.45) is 7.05 Å². The Bertz CT molecular complexity index is 729. The second-order valence-electron chi connectivity index (χ2n) is 6.16. The fraction of sp³-hybridized carbons (Fsp3) is 0.562. The molecule has 8 heteroatoms. The van der Waals surface area contributed by atoms with Crippen molar-refractivity contribution in [1.29, 1.82) is 0 Å². The van der Waals surface area contributed by atoms with Gasteiger partial charge in [-0.3, -0.25) is 19.1 Å². The highest BCUT2D eigenvalue weighted by molar-refractivity contribution is 6.33. The third-order valence-electron chi connectivity index (χ3n) is 4.41. The van der Waals surface area contributed by atoms with Gasteiger partial charge in [-0.25, -0.2) is 0 Å². The molecule has 1 saturated heterocycles. The average Bonchev–Trinajstić information content (AvgIpc) is 3.09. The van der Waals surface area contributed by atoms with Crippen LogP contribution in [0.3, 0.4) is 0 Å². The summed E-state index contributed by atoms with van der Waals surface area (Å²) in [4.78, 5) is 16.8. The molecule has 0 aromatic carbocycles. The van der Waals surface area contributed by atoms with Crippen LogP contribution in [0.5, 0.6) is 0 Å². The second-order valence-corrected chi connectivity index (χ2v) is 6.57. The van der Waals surface area contributed by atoms with Crippen LogP contribution in [0.4, 0.5) is 0 Å². The summed E-state index contributed by atoms with van der Waals surface area (Å²) in [5, 5.41) is 9.08. The van der Waals surface area contributed by atoms with Gasteiger partial charge in [0.15, 0.2) is 5.69 Å². The fourth-order valence-corrected chi connectivity index (χ4v) is 3.24. The maximum Gasteiger partial charge on any atom is 0.276 e. The lowest BCUT2D eigenvalue weighted by molar-refractivity contribution is 0.0621. The van der Waals surface area contributed by atoms with Gasteiger partial charge in [0.1, 0.15) is 0 Å². The molecule has 2 aromatic heterocycles. The van der Waals surface area contributed by atoms with Crippen molar-refractivity contribution >= 4 is 17.5 Å². The SMILES string of the molecule is CCn1cc(Cl)c(C(=O)N2CCN(Cc3cn(C)nc3C)CC2)n1. The molecular formula is C16H23ClN6O. The Morgan fingerprint density at radius 2 is 1.92 bits per heavy atom. The van der Waals surface area contributed by atoms with E-state index in [2.05, 4.69) is 21.3 Å². The minimum atomic E-state index is -0.0793. The number of aromatic nitrogens is 4. The molecule has 0 spiro atoms. The van der Waals surface area contributed by atoms with Gasteiger partial charge in [0.2, 0.25) is 0 Å². The quantitative estimate of drug-likeness (QED) is 0.839. The Morgan fingerprint density at radius 1 is 1.21 bits per heavy atom. The predicted molar refractivity (Wildman–Crippen MR) is 92.0 cm³/mol. The zero-order chi connectivity index (χ0) is 17.3. The minimum absolute atomic E-state index is 0.0793. The predicted octanol–water partition coefficient (Wildman–Crippen LogP) is 1.56. The summed E-state index contributed by atoms with van der Waals surface area (Å²) in [6.45, 7) is 8.62. The molecule has 3 rings (SSSR count). The van der Waals surface area contributed by atoms with E-state index in [1.54, 1.807) is 10.9 Å². The number of piperazine rings is 1. The smallest absolute Gasteiger partial charge is 0.276 e. The molecule has 0 unspecified atom stereocenters. The second kappa shape index (κ2) is 6.94. The summed E-state index contributed by atoms with van der Waals surface area (Å²) in [6, 6.07) is 0. The molecule has 0 radical (unpaired) electrons. The highest BCUT2D eigenvalue weighted by Gasteiger charge is 2.26. The molecule has 7 nitrogen and oxygen atoms in total. The molecule has 0 bridgehead atoms. The molecule has 0 N–H and O–H groups in total. The molecule has 3 heterocycles. The third-order valence-corrected chi connectivity index (χ3v) is 4.69. The Hall–Kier alpha value is -1.86. The van der Waals surface area contributed by atoms with Crippen LogP contribution >= 0.6 is 11.6 Å². The molecule has 1 amide bonds. The van der Waals surface area contributed by atoms with Gasteiger partial charge < -0.3 is 4.90 Å². The van der Waals surface area contributed by atoms with Gasteiger partial charge >= 0.3 is 0 Å². The fourth-order valence-electron chi connectivity index (χ4n) is 3.01. The van der Waals surface area contributed by atoms with E-state index in [-0.39, 0.29) is 5.91 Å². The zero-order valence-corrected chi connectivity index (χ0v) is 15.1. The van der Waals surface area contributed by atoms with E-state index < -0.39 is 0 Å². The largest absolute Gasteiger partial charge is 0.335 e. The van der Waals surface area contributed by atoms with E-state index in [9.17, 15) is 4.79 Å². The van der Waals surface area contributed by atoms with Crippen LogP contribution in [0.1, 0.15) is 28.7 Å². The van der Waals surface area contributed by atoms with Crippen molar-refractivity contribution in [3.63, 3.8) is 0 Å². The van der Waals surface area contributed by atoms with Crippen molar-refractivity contribution in [3.05, 3.63) is 34.4 Å². The first-order chi connectivity index (χ1) is 11.5. The van der Waals surface area contributed by atoms with Gasteiger partial charge in [0.25, 0.3) is 5.91 Å². The van der Waals surface area contributed by atoms with Gasteiger partial charge in [-0.05, 0) is 13.8 Å². The highest BCUT2D eigenvalue weighted by Crippen LogP contribution is 2.18. The zero-order valence-electron chi connectivity index (χ0n) is 14.4. The van der Waals surface area contributed by atoms with Crippen molar-refractivity contribution in [1.82, 2.24) is 29.4 Å². The number of halogens is 1. The van der Waals surface area contributed by atoms with E-state index in [4.69, 9.17) is 11.6 Å². The molecule has 0 aliphatic carbocycles. The van der Waals surface area contributed by atoms with E-state index in [1.807, 2.05) is 30.5 Å². The molecule has 1 aliphatic rings. The van der Waals surface area contributed by atoms with Crippen LogP contribution in [-0.2, 0) is 20.1 Å². The lowest BCUT2D eigenvalue weighted by atomic mass is 10.2. The van der Waals surface area contributed by atoms with E-state index in [1.165, 1.54) is 5.56 Å². The summed E-state index contributed by atoms with van der Waals surface area (Å²) in [6.07, 6.45) is 3.76. The van der Waals surface area contributed by atoms with E-state index in [0.29, 0.717) is 30.4 Å². The van der Waals surface area contributed by atoms with Gasteiger partial charge in [-0.15, -0.1) is 0 Å². The van der Waals surface area contributed by atoms with E-state index in [0.717, 1.165) is 25.3 Å². The topological polar surface area (TPSA) is 59.2 Å². The lowest BCUT2D eigenvalue weighted by Crippen LogP contribution is -2.48. The van der Waals surface area contributed by atoms with Gasteiger partial charge in [-0.2, -0.15) is 10.2 Å². The van der Waals surface area contributed by atoms with E-state index >= 15 is 0 Å². The monoisotopic (exact) mass is 350 g/mol. The van der Waals surface area contributed by atoms with Gasteiger partial charge in [0.05, 0.1) is 10.7 Å². The molecular weight excluding hydrogens is 328 g/mol. The number of nitrogens with zero attached hydrogens (tertiary/aromatic N) is 6. The third kappa shape index (κ3) is 3.47. The van der Waals surface area contributed by atoms with Crippen LogP contribution in [0.2, 0.25) is 5.02 Å². The first-order valence-corrected chi connectivity index (χ1v) is 8.59. The Labute approximate surface area is 146 Å². The molecule has 2 aromatic rings. The highest BCUT2D eigenvalue weighted by atomic mass is 35.5. The number of hydrogen-bond acceptors (Lipinski definition) is 4. The van der Waals surface area contributed by atoms with Crippen molar-refractivity contribution in [2.45, 2.75) is 26.9 Å². The summed E-state index contributed by atoms with van der Waals surface area (Å²) in [5.74, 6) is -0.0793. The number of rotatable bonds is 4. The van der Waals surface area contributed by atoms with Crippen molar-refractivity contribution in [2.75, 3.05) is 26.2 Å². The Morgan fingerprint density at radius 3 is 2.46 bits per heavy atom. The molecule has 130 valence electrons. The van der Waals surface area contributed by atoms with Crippen LogP contribution in [0, 0.1) is 6.92 Å². The average molecular weight is 351 g/mol. The summed E-state index contributed by atoms with van der Waals surface area (Å²) in [7, 11) is 1.94. The Kier molecular flexibility index (Phi) is 4.91. The standard InChI is InChI=1S/C16H23ClN6O/c1-4-23-11-14(17)15(19-23)16(24)22-7-5-21(6-8-22)10-13-9-20(3)18-12(13)2/h9,11H,4-8,10H2,1-3H3. The maximum atomic E-state index is 12.6. The lowest BCUT2D eigenvalue weighted by Gasteiger charge is -2.34. The van der Waals surface area contributed by atoms with Crippen molar-refractivity contribution in [3.8, 4) is 0 Å². The first-order valence-electron chi connectivity index (χ1n) is 8.21. The molecule has 1 aliphatic heterocycles.